The summed E-state index contributed by atoms with van der Waals surface area (Å²) in [7, 11) is 1.74. The predicted molar refractivity (Wildman–Crippen MR) is 83.5 cm³/mol. The van der Waals surface area contributed by atoms with E-state index < -0.39 is 0 Å². The van der Waals surface area contributed by atoms with Crippen LogP contribution in [0.4, 0.5) is 10.9 Å². The van der Waals surface area contributed by atoms with Gasteiger partial charge in [-0.3, -0.25) is 10.1 Å². The second-order valence-corrected chi connectivity index (χ2v) is 6.38. The number of anilines is 2. The Hall–Kier alpha value is -1.47. The van der Waals surface area contributed by atoms with Gasteiger partial charge in [0, 0.05) is 29.0 Å². The van der Waals surface area contributed by atoms with E-state index in [0.717, 1.165) is 10.2 Å². The first kappa shape index (κ1) is 13.5. The zero-order valence-electron chi connectivity index (χ0n) is 10.8. The SMILES string of the molecule is CNc1ncc(Br)cc1C(=O)Nc1nc(C2CC2)cs1. The Labute approximate surface area is 129 Å². The fraction of sp³-hybridized carbons (Fsp3) is 0.308. The maximum Gasteiger partial charge on any atom is 0.261 e. The van der Waals surface area contributed by atoms with Crippen LogP contribution >= 0.6 is 27.3 Å². The van der Waals surface area contributed by atoms with E-state index in [2.05, 4.69) is 36.5 Å². The molecular formula is C13H13BrN4OS. The highest BCUT2D eigenvalue weighted by Gasteiger charge is 2.26. The fourth-order valence-corrected chi connectivity index (χ4v) is 3.00. The highest BCUT2D eigenvalue weighted by atomic mass is 79.9. The summed E-state index contributed by atoms with van der Waals surface area (Å²) < 4.78 is 0.763. The first-order valence-corrected chi connectivity index (χ1v) is 7.94. The number of thiazole rings is 1. The molecule has 104 valence electrons. The Morgan fingerprint density at radius 1 is 1.50 bits per heavy atom. The highest BCUT2D eigenvalue weighted by Crippen LogP contribution is 2.40. The summed E-state index contributed by atoms with van der Waals surface area (Å²) in [4.78, 5) is 20.9. The molecule has 0 radical (unpaired) electrons. The van der Waals surface area contributed by atoms with Gasteiger partial charge in [-0.15, -0.1) is 11.3 Å². The average Bonchev–Trinajstić information content (AvgIpc) is 3.19. The van der Waals surface area contributed by atoms with Gasteiger partial charge >= 0.3 is 0 Å². The number of carbonyl (C=O) groups is 1. The fourth-order valence-electron chi connectivity index (χ4n) is 1.89. The van der Waals surface area contributed by atoms with Crippen LogP contribution < -0.4 is 10.6 Å². The Morgan fingerprint density at radius 3 is 3.00 bits per heavy atom. The summed E-state index contributed by atoms with van der Waals surface area (Å²) in [5.41, 5.74) is 1.58. The largest absolute Gasteiger partial charge is 0.372 e. The van der Waals surface area contributed by atoms with E-state index in [1.807, 2.05) is 5.38 Å². The number of pyridine rings is 1. The Morgan fingerprint density at radius 2 is 2.30 bits per heavy atom. The van der Waals surface area contributed by atoms with E-state index in [0.29, 0.717) is 22.4 Å². The molecule has 1 fully saturated rings. The first-order chi connectivity index (χ1) is 9.67. The van der Waals surface area contributed by atoms with Crippen LogP contribution in [0.5, 0.6) is 0 Å². The monoisotopic (exact) mass is 352 g/mol. The quantitative estimate of drug-likeness (QED) is 0.883. The minimum atomic E-state index is -0.208. The Bertz CT molecular complexity index is 654. The van der Waals surface area contributed by atoms with Crippen molar-refractivity contribution in [2.24, 2.45) is 0 Å². The van der Waals surface area contributed by atoms with Crippen LogP contribution in [0.3, 0.4) is 0 Å². The third kappa shape index (κ3) is 2.83. The van der Waals surface area contributed by atoms with Crippen LogP contribution in [0.2, 0.25) is 0 Å². The van der Waals surface area contributed by atoms with Crippen molar-refractivity contribution in [3.63, 3.8) is 0 Å². The maximum atomic E-state index is 12.3. The molecule has 2 aromatic rings. The number of nitrogens with zero attached hydrogens (tertiary/aromatic N) is 2. The van der Waals surface area contributed by atoms with Gasteiger partial charge in [-0.05, 0) is 34.8 Å². The molecule has 0 bridgehead atoms. The van der Waals surface area contributed by atoms with Crippen molar-refractivity contribution >= 4 is 44.1 Å². The molecule has 0 atom stereocenters. The number of hydrogen-bond donors (Lipinski definition) is 2. The standard InChI is InChI=1S/C13H13BrN4OS/c1-15-11-9(4-8(14)5-16-11)12(19)18-13-17-10(6-20-13)7-2-3-7/h4-7H,2-3H2,1H3,(H,15,16)(H,17,18,19). The molecule has 0 aromatic carbocycles. The minimum absolute atomic E-state index is 0.208. The van der Waals surface area contributed by atoms with Gasteiger partial charge in [-0.2, -0.15) is 0 Å². The summed E-state index contributed by atoms with van der Waals surface area (Å²) >= 11 is 4.79. The summed E-state index contributed by atoms with van der Waals surface area (Å²) in [6.45, 7) is 0. The number of aromatic nitrogens is 2. The first-order valence-electron chi connectivity index (χ1n) is 6.27. The molecule has 1 aliphatic carbocycles. The summed E-state index contributed by atoms with van der Waals surface area (Å²) in [6, 6.07) is 1.74. The van der Waals surface area contributed by atoms with Gasteiger partial charge in [0.15, 0.2) is 5.13 Å². The normalized spacial score (nSPS) is 14.1. The zero-order chi connectivity index (χ0) is 14.1. The molecule has 2 heterocycles. The smallest absolute Gasteiger partial charge is 0.261 e. The minimum Gasteiger partial charge on any atom is -0.372 e. The van der Waals surface area contributed by atoms with E-state index >= 15 is 0 Å². The summed E-state index contributed by atoms with van der Waals surface area (Å²) in [5.74, 6) is 0.932. The number of rotatable bonds is 4. The van der Waals surface area contributed by atoms with Crippen LogP contribution in [-0.2, 0) is 0 Å². The average molecular weight is 353 g/mol. The van der Waals surface area contributed by atoms with Crippen molar-refractivity contribution in [3.8, 4) is 0 Å². The van der Waals surface area contributed by atoms with Crippen LogP contribution in [0.15, 0.2) is 22.1 Å². The predicted octanol–water partition coefficient (Wildman–Crippen LogP) is 3.47. The van der Waals surface area contributed by atoms with Crippen molar-refractivity contribution in [1.82, 2.24) is 9.97 Å². The lowest BCUT2D eigenvalue weighted by molar-refractivity contribution is 0.102. The van der Waals surface area contributed by atoms with E-state index in [1.54, 1.807) is 19.3 Å². The second kappa shape index (κ2) is 5.49. The lowest BCUT2D eigenvalue weighted by atomic mass is 10.2. The molecule has 7 heteroatoms. The van der Waals surface area contributed by atoms with Gasteiger partial charge in [0.1, 0.15) is 5.82 Å². The van der Waals surface area contributed by atoms with E-state index in [1.165, 1.54) is 24.2 Å². The molecule has 20 heavy (non-hydrogen) atoms. The van der Waals surface area contributed by atoms with Crippen molar-refractivity contribution < 1.29 is 4.79 Å². The van der Waals surface area contributed by atoms with Gasteiger partial charge < -0.3 is 5.32 Å². The molecule has 1 amide bonds. The third-order valence-electron chi connectivity index (χ3n) is 3.07. The summed E-state index contributed by atoms with van der Waals surface area (Å²) in [5, 5.41) is 8.40. The highest BCUT2D eigenvalue weighted by molar-refractivity contribution is 9.10. The lowest BCUT2D eigenvalue weighted by Gasteiger charge is -2.07. The zero-order valence-corrected chi connectivity index (χ0v) is 13.2. The number of nitrogens with one attached hydrogen (secondary N) is 2. The van der Waals surface area contributed by atoms with Crippen molar-refractivity contribution in [1.29, 1.82) is 0 Å². The maximum absolute atomic E-state index is 12.3. The Balaban J connectivity index is 1.79. The molecule has 1 aliphatic rings. The number of carbonyl (C=O) groups excluding carboxylic acids is 1. The Kier molecular flexibility index (Phi) is 3.71. The second-order valence-electron chi connectivity index (χ2n) is 4.61. The van der Waals surface area contributed by atoms with Crippen molar-refractivity contribution in [3.05, 3.63) is 33.4 Å². The molecule has 0 saturated heterocycles. The molecule has 1 saturated carbocycles. The van der Waals surface area contributed by atoms with E-state index in [-0.39, 0.29) is 5.91 Å². The van der Waals surface area contributed by atoms with E-state index in [9.17, 15) is 4.79 Å². The molecular weight excluding hydrogens is 340 g/mol. The van der Waals surface area contributed by atoms with Crippen LogP contribution in [0, 0.1) is 0 Å². The summed E-state index contributed by atoms with van der Waals surface area (Å²) in [6.07, 6.45) is 4.06. The van der Waals surface area contributed by atoms with Gasteiger partial charge in [0.2, 0.25) is 0 Å². The molecule has 3 rings (SSSR count). The third-order valence-corrected chi connectivity index (χ3v) is 4.28. The van der Waals surface area contributed by atoms with Gasteiger partial charge in [-0.1, -0.05) is 0 Å². The topological polar surface area (TPSA) is 66.9 Å². The molecule has 2 N–H and O–H groups in total. The lowest BCUT2D eigenvalue weighted by Crippen LogP contribution is -2.14. The number of halogens is 1. The van der Waals surface area contributed by atoms with Gasteiger partial charge in [0.05, 0.1) is 11.3 Å². The van der Waals surface area contributed by atoms with Gasteiger partial charge in [-0.25, -0.2) is 9.97 Å². The van der Waals surface area contributed by atoms with Crippen LogP contribution in [0.25, 0.3) is 0 Å². The molecule has 0 aliphatic heterocycles. The number of hydrogen-bond acceptors (Lipinski definition) is 5. The molecule has 5 nitrogen and oxygen atoms in total. The number of amides is 1. The molecule has 0 spiro atoms. The molecule has 0 unspecified atom stereocenters. The van der Waals surface area contributed by atoms with Gasteiger partial charge in [0.25, 0.3) is 5.91 Å². The van der Waals surface area contributed by atoms with Crippen molar-refractivity contribution in [2.75, 3.05) is 17.7 Å². The van der Waals surface area contributed by atoms with Crippen molar-refractivity contribution in [2.45, 2.75) is 18.8 Å². The van der Waals surface area contributed by atoms with E-state index in [4.69, 9.17) is 0 Å². The van der Waals surface area contributed by atoms with Crippen LogP contribution in [0.1, 0.15) is 34.8 Å². The molecule has 2 aromatic heterocycles. The van der Waals surface area contributed by atoms with Crippen LogP contribution in [-0.4, -0.2) is 22.9 Å².